The summed E-state index contributed by atoms with van der Waals surface area (Å²) < 4.78 is 0. The Hall–Kier alpha value is -0.480. The van der Waals surface area contributed by atoms with Gasteiger partial charge >= 0.3 is 0 Å². The van der Waals surface area contributed by atoms with Gasteiger partial charge in [0.1, 0.15) is 0 Å². The van der Waals surface area contributed by atoms with E-state index in [0.717, 1.165) is 6.42 Å². The first-order valence-electron chi connectivity index (χ1n) is 5.08. The maximum atomic E-state index is 5.89. The van der Waals surface area contributed by atoms with Crippen molar-refractivity contribution in [1.82, 2.24) is 0 Å². The maximum absolute atomic E-state index is 5.89. The molecule has 68 valence electrons. The van der Waals surface area contributed by atoms with Gasteiger partial charge in [0, 0.05) is 18.4 Å². The van der Waals surface area contributed by atoms with Gasteiger partial charge in [-0.1, -0.05) is 25.7 Å². The van der Waals surface area contributed by atoms with Crippen LogP contribution in [0.2, 0.25) is 0 Å². The Labute approximate surface area is 75.7 Å². The fourth-order valence-electron chi connectivity index (χ4n) is 1.64. The predicted octanol–water partition coefficient (Wildman–Crippen LogP) is 2.31. The molecule has 1 saturated carbocycles. The molecule has 0 amide bonds. The van der Waals surface area contributed by atoms with Gasteiger partial charge in [-0.25, -0.2) is 0 Å². The van der Waals surface area contributed by atoms with Crippen molar-refractivity contribution in [2.75, 3.05) is 0 Å². The number of unbranched alkanes of at least 4 members (excludes halogenated alkanes) is 2. The van der Waals surface area contributed by atoms with Crippen LogP contribution < -0.4 is 5.73 Å². The van der Waals surface area contributed by atoms with E-state index in [9.17, 15) is 0 Å². The maximum Gasteiger partial charge on any atom is 0.0354 e. The van der Waals surface area contributed by atoms with Crippen LogP contribution in [0.1, 0.15) is 45.4 Å². The molecule has 0 aliphatic heterocycles. The summed E-state index contributed by atoms with van der Waals surface area (Å²) in [6.07, 6.45) is 7.20. The van der Waals surface area contributed by atoms with E-state index in [1.165, 1.54) is 32.1 Å². The first-order chi connectivity index (χ1) is 5.84. The number of rotatable bonds is 2. The standard InChI is InChI=1S/C11H19N/c1-2-3-4-5-7-10-8-6-9-11(10)12/h10-11H,2-4,6,8-9,12H2,1H3. The summed E-state index contributed by atoms with van der Waals surface area (Å²) in [7, 11) is 0. The Morgan fingerprint density at radius 1 is 1.42 bits per heavy atom. The lowest BCUT2D eigenvalue weighted by atomic mass is 10.1. The highest BCUT2D eigenvalue weighted by Crippen LogP contribution is 2.22. The fourth-order valence-corrected chi connectivity index (χ4v) is 1.64. The second kappa shape index (κ2) is 5.22. The van der Waals surface area contributed by atoms with E-state index >= 15 is 0 Å². The first-order valence-corrected chi connectivity index (χ1v) is 5.08. The lowest BCUT2D eigenvalue weighted by Crippen LogP contribution is -2.22. The molecule has 2 unspecified atom stereocenters. The summed E-state index contributed by atoms with van der Waals surface area (Å²) in [6, 6.07) is 0.360. The third-order valence-electron chi connectivity index (χ3n) is 2.51. The Morgan fingerprint density at radius 2 is 2.25 bits per heavy atom. The number of hydrogen-bond acceptors (Lipinski definition) is 1. The summed E-state index contributed by atoms with van der Waals surface area (Å²) in [5.41, 5.74) is 5.89. The summed E-state index contributed by atoms with van der Waals surface area (Å²) in [5, 5.41) is 0. The first kappa shape index (κ1) is 9.61. The molecule has 1 nitrogen and oxygen atoms in total. The van der Waals surface area contributed by atoms with Crippen molar-refractivity contribution in [3.8, 4) is 11.8 Å². The van der Waals surface area contributed by atoms with Gasteiger partial charge < -0.3 is 5.73 Å². The molecule has 0 saturated heterocycles. The van der Waals surface area contributed by atoms with Crippen LogP contribution in [0.3, 0.4) is 0 Å². The summed E-state index contributed by atoms with van der Waals surface area (Å²) in [6.45, 7) is 2.20. The molecule has 1 aliphatic carbocycles. The third kappa shape index (κ3) is 2.87. The van der Waals surface area contributed by atoms with Crippen LogP contribution in [0.25, 0.3) is 0 Å². The Kier molecular flexibility index (Phi) is 4.18. The Bertz CT molecular complexity index is 175. The van der Waals surface area contributed by atoms with Crippen LogP contribution in [0, 0.1) is 17.8 Å². The highest BCUT2D eigenvalue weighted by Gasteiger charge is 2.21. The van der Waals surface area contributed by atoms with Gasteiger partial charge in [-0.2, -0.15) is 0 Å². The fraction of sp³-hybridized carbons (Fsp3) is 0.818. The van der Waals surface area contributed by atoms with Crippen molar-refractivity contribution in [2.24, 2.45) is 11.7 Å². The molecule has 0 aromatic carbocycles. The topological polar surface area (TPSA) is 26.0 Å². The summed E-state index contributed by atoms with van der Waals surface area (Å²) >= 11 is 0. The molecule has 0 aromatic heterocycles. The number of nitrogens with two attached hydrogens (primary N) is 1. The highest BCUT2D eigenvalue weighted by atomic mass is 14.7. The molecule has 0 spiro atoms. The second-order valence-electron chi connectivity index (χ2n) is 3.63. The van der Waals surface area contributed by atoms with E-state index in [1.807, 2.05) is 0 Å². The van der Waals surface area contributed by atoms with Crippen molar-refractivity contribution in [2.45, 2.75) is 51.5 Å². The molecule has 0 bridgehead atoms. The monoisotopic (exact) mass is 165 g/mol. The molecule has 2 N–H and O–H groups in total. The van der Waals surface area contributed by atoms with Gasteiger partial charge in [-0.05, 0) is 19.3 Å². The molecule has 1 fully saturated rings. The van der Waals surface area contributed by atoms with Gasteiger partial charge in [0.05, 0.1) is 0 Å². The molecule has 1 rings (SSSR count). The summed E-state index contributed by atoms with van der Waals surface area (Å²) in [5.74, 6) is 7.02. The van der Waals surface area contributed by atoms with E-state index < -0.39 is 0 Å². The number of hydrogen-bond donors (Lipinski definition) is 1. The minimum Gasteiger partial charge on any atom is -0.327 e. The average molecular weight is 165 g/mol. The van der Waals surface area contributed by atoms with Gasteiger partial charge in [-0.3, -0.25) is 0 Å². The Balaban J connectivity index is 2.22. The third-order valence-corrected chi connectivity index (χ3v) is 2.51. The SMILES string of the molecule is CCCCC#CC1CCCC1N. The quantitative estimate of drug-likeness (QED) is 0.493. The largest absolute Gasteiger partial charge is 0.327 e. The zero-order valence-electron chi connectivity index (χ0n) is 7.97. The van der Waals surface area contributed by atoms with Crippen molar-refractivity contribution < 1.29 is 0 Å². The van der Waals surface area contributed by atoms with Crippen molar-refractivity contribution in [3.63, 3.8) is 0 Å². The van der Waals surface area contributed by atoms with Gasteiger partial charge in [0.25, 0.3) is 0 Å². The molecular formula is C11H19N. The average Bonchev–Trinajstić information content (AvgIpc) is 2.46. The van der Waals surface area contributed by atoms with E-state index in [-0.39, 0.29) is 0 Å². The molecule has 0 radical (unpaired) electrons. The van der Waals surface area contributed by atoms with Gasteiger partial charge in [0.15, 0.2) is 0 Å². The van der Waals surface area contributed by atoms with E-state index in [1.54, 1.807) is 0 Å². The van der Waals surface area contributed by atoms with Crippen LogP contribution in [-0.4, -0.2) is 6.04 Å². The van der Waals surface area contributed by atoms with Crippen molar-refractivity contribution >= 4 is 0 Å². The molecule has 0 aromatic rings. The van der Waals surface area contributed by atoms with E-state index in [4.69, 9.17) is 5.73 Å². The summed E-state index contributed by atoms with van der Waals surface area (Å²) in [4.78, 5) is 0. The molecule has 12 heavy (non-hydrogen) atoms. The van der Waals surface area contributed by atoms with Crippen LogP contribution in [0.15, 0.2) is 0 Å². The molecule has 2 atom stereocenters. The van der Waals surface area contributed by atoms with E-state index in [0.29, 0.717) is 12.0 Å². The predicted molar refractivity (Wildman–Crippen MR) is 52.6 cm³/mol. The van der Waals surface area contributed by atoms with Gasteiger partial charge in [-0.15, -0.1) is 5.92 Å². The lowest BCUT2D eigenvalue weighted by molar-refractivity contribution is 0.599. The smallest absolute Gasteiger partial charge is 0.0354 e. The van der Waals surface area contributed by atoms with Crippen LogP contribution in [0.5, 0.6) is 0 Å². The minimum atomic E-state index is 0.360. The molecular weight excluding hydrogens is 146 g/mol. The Morgan fingerprint density at radius 3 is 2.83 bits per heavy atom. The highest BCUT2D eigenvalue weighted by molar-refractivity contribution is 5.08. The van der Waals surface area contributed by atoms with E-state index in [2.05, 4.69) is 18.8 Å². The van der Waals surface area contributed by atoms with Crippen molar-refractivity contribution in [1.29, 1.82) is 0 Å². The lowest BCUT2D eigenvalue weighted by Gasteiger charge is -2.05. The second-order valence-corrected chi connectivity index (χ2v) is 3.63. The zero-order valence-corrected chi connectivity index (χ0v) is 7.97. The van der Waals surface area contributed by atoms with Gasteiger partial charge in [0.2, 0.25) is 0 Å². The van der Waals surface area contributed by atoms with Crippen LogP contribution >= 0.6 is 0 Å². The van der Waals surface area contributed by atoms with Crippen molar-refractivity contribution in [3.05, 3.63) is 0 Å². The molecule has 1 heteroatoms. The molecule has 1 aliphatic rings. The molecule has 0 heterocycles. The van der Waals surface area contributed by atoms with Crippen LogP contribution in [0.4, 0.5) is 0 Å². The zero-order chi connectivity index (χ0) is 8.81. The van der Waals surface area contributed by atoms with Crippen LogP contribution in [-0.2, 0) is 0 Å². The minimum absolute atomic E-state index is 0.360. The normalized spacial score (nSPS) is 28.2.